The Labute approximate surface area is 159 Å². The molecule has 0 amide bonds. The lowest BCUT2D eigenvalue weighted by atomic mass is 10.3. The third kappa shape index (κ3) is 6.68. The van der Waals surface area contributed by atoms with E-state index in [0.29, 0.717) is 12.1 Å². The van der Waals surface area contributed by atoms with Gasteiger partial charge in [-0.25, -0.2) is 17.6 Å². The number of hydrogen-bond acceptors (Lipinski definition) is 6. The van der Waals surface area contributed by atoms with Crippen molar-refractivity contribution in [1.82, 2.24) is 0 Å². The van der Waals surface area contributed by atoms with Crippen molar-refractivity contribution >= 4 is 20.2 Å². The van der Waals surface area contributed by atoms with Crippen molar-refractivity contribution in [3.63, 3.8) is 0 Å². The van der Waals surface area contributed by atoms with Crippen LogP contribution in [0.3, 0.4) is 0 Å². The van der Waals surface area contributed by atoms with E-state index >= 15 is 0 Å². The quantitative estimate of drug-likeness (QED) is 0.337. The Morgan fingerprint density at radius 3 is 1.32 bits per heavy atom. The number of benzene rings is 2. The fourth-order valence-electron chi connectivity index (χ4n) is 2.00. The molecule has 0 fully saturated rings. The summed E-state index contributed by atoms with van der Waals surface area (Å²) in [5.74, 6) is -6.92. The van der Waals surface area contributed by atoms with Gasteiger partial charge in [-0.2, -0.15) is 16.8 Å². The van der Waals surface area contributed by atoms with Crippen LogP contribution in [0.5, 0.6) is 11.5 Å². The van der Waals surface area contributed by atoms with Gasteiger partial charge in [-0.15, -0.1) is 0 Å². The molecule has 0 unspecified atom stereocenters. The van der Waals surface area contributed by atoms with Gasteiger partial charge in [0.25, 0.3) is 0 Å². The molecule has 0 spiro atoms. The van der Waals surface area contributed by atoms with Gasteiger partial charge in [-0.05, 0) is 37.1 Å². The Morgan fingerprint density at radius 2 is 1.00 bits per heavy atom. The summed E-state index contributed by atoms with van der Waals surface area (Å²) in [7, 11) is -8.52. The highest BCUT2D eigenvalue weighted by Gasteiger charge is 2.19. The van der Waals surface area contributed by atoms with Crippen LogP contribution < -0.4 is 8.37 Å². The molecule has 2 aromatic carbocycles. The van der Waals surface area contributed by atoms with Gasteiger partial charge >= 0.3 is 20.2 Å². The maximum absolute atomic E-state index is 13.4. The average Bonchev–Trinajstić information content (AvgIpc) is 2.57. The summed E-state index contributed by atoms with van der Waals surface area (Å²) < 4.78 is 109. The van der Waals surface area contributed by atoms with Crippen LogP contribution in [0.15, 0.2) is 36.4 Å². The SMILES string of the molecule is O=S(=O)(CCCCS(=O)(=O)Oc1ccc(F)cc1F)Oc1ccc(F)cc1F. The molecular weight excluding hydrogens is 428 g/mol. The second kappa shape index (κ2) is 8.78. The predicted octanol–water partition coefficient (Wildman–Crippen LogP) is 3.14. The Balaban J connectivity index is 1.86. The third-order valence-corrected chi connectivity index (χ3v) is 5.70. The smallest absolute Gasteiger partial charge is 0.309 e. The Kier molecular flexibility index (Phi) is 6.88. The maximum Gasteiger partial charge on any atom is 0.309 e. The van der Waals surface area contributed by atoms with E-state index in [1.54, 1.807) is 0 Å². The highest BCUT2D eigenvalue weighted by atomic mass is 32.2. The first kappa shape index (κ1) is 22.0. The minimum Gasteiger partial charge on any atom is -0.379 e. The van der Waals surface area contributed by atoms with E-state index < -0.39 is 66.5 Å². The van der Waals surface area contributed by atoms with Gasteiger partial charge in [0, 0.05) is 12.1 Å². The molecule has 0 aliphatic rings. The van der Waals surface area contributed by atoms with Crippen LogP contribution in [-0.2, 0) is 20.2 Å². The zero-order valence-electron chi connectivity index (χ0n) is 14.1. The average molecular weight is 442 g/mol. The zero-order valence-corrected chi connectivity index (χ0v) is 15.7. The Hall–Kier alpha value is -2.34. The third-order valence-electron chi connectivity index (χ3n) is 3.26. The lowest BCUT2D eigenvalue weighted by molar-refractivity contribution is 0.451. The lowest BCUT2D eigenvalue weighted by Gasteiger charge is -2.09. The van der Waals surface area contributed by atoms with Gasteiger partial charge < -0.3 is 8.37 Å². The molecule has 0 saturated heterocycles. The second-order valence-electron chi connectivity index (χ2n) is 5.55. The van der Waals surface area contributed by atoms with Crippen LogP contribution in [0, 0.1) is 23.3 Å². The largest absolute Gasteiger partial charge is 0.379 e. The van der Waals surface area contributed by atoms with Crippen LogP contribution in [-0.4, -0.2) is 28.3 Å². The predicted molar refractivity (Wildman–Crippen MR) is 90.8 cm³/mol. The fraction of sp³-hybridized carbons (Fsp3) is 0.250. The summed E-state index contributed by atoms with van der Waals surface area (Å²) in [6, 6.07) is 4.13. The van der Waals surface area contributed by atoms with Crippen LogP contribution in [0.2, 0.25) is 0 Å². The van der Waals surface area contributed by atoms with Crippen molar-refractivity contribution in [2.75, 3.05) is 11.5 Å². The minimum atomic E-state index is -4.26. The first-order valence-corrected chi connectivity index (χ1v) is 10.9. The minimum absolute atomic E-state index is 0.195. The van der Waals surface area contributed by atoms with E-state index in [-0.39, 0.29) is 12.8 Å². The highest BCUT2D eigenvalue weighted by molar-refractivity contribution is 7.87. The van der Waals surface area contributed by atoms with E-state index in [0.717, 1.165) is 24.3 Å². The van der Waals surface area contributed by atoms with Crippen molar-refractivity contribution in [2.24, 2.45) is 0 Å². The molecule has 0 bridgehead atoms. The first-order chi connectivity index (χ1) is 13.0. The van der Waals surface area contributed by atoms with Crippen LogP contribution in [0.4, 0.5) is 17.6 Å². The zero-order chi connectivity index (χ0) is 20.9. The van der Waals surface area contributed by atoms with E-state index in [2.05, 4.69) is 8.37 Å². The number of rotatable bonds is 9. The summed E-state index contributed by atoms with van der Waals surface area (Å²) in [5.41, 5.74) is 0. The molecule has 2 rings (SSSR count). The molecule has 0 aliphatic carbocycles. The monoisotopic (exact) mass is 442 g/mol. The van der Waals surface area contributed by atoms with Gasteiger partial charge in [-0.3, -0.25) is 0 Å². The Bertz CT molecular complexity index is 969. The van der Waals surface area contributed by atoms with Gasteiger partial charge in [0.2, 0.25) is 0 Å². The molecule has 0 atom stereocenters. The summed E-state index contributed by atoms with van der Waals surface area (Å²) >= 11 is 0. The molecule has 6 nitrogen and oxygen atoms in total. The van der Waals surface area contributed by atoms with Crippen LogP contribution in [0.25, 0.3) is 0 Å². The van der Waals surface area contributed by atoms with Crippen LogP contribution in [0.1, 0.15) is 12.8 Å². The van der Waals surface area contributed by atoms with E-state index in [1.165, 1.54) is 0 Å². The summed E-state index contributed by atoms with van der Waals surface area (Å²) in [6.45, 7) is 0. The van der Waals surface area contributed by atoms with E-state index in [4.69, 9.17) is 0 Å². The summed E-state index contributed by atoms with van der Waals surface area (Å²) in [4.78, 5) is 0. The Morgan fingerprint density at radius 1 is 0.643 bits per heavy atom. The molecule has 0 aliphatic heterocycles. The molecule has 0 heterocycles. The van der Waals surface area contributed by atoms with Gasteiger partial charge in [0.15, 0.2) is 23.1 Å². The highest BCUT2D eigenvalue weighted by Crippen LogP contribution is 2.21. The molecule has 28 heavy (non-hydrogen) atoms. The second-order valence-corrected chi connectivity index (χ2v) is 8.93. The normalized spacial score (nSPS) is 12.0. The molecular formula is C16H14F4O6S2. The molecule has 2 aromatic rings. The standard InChI is InChI=1S/C16H14F4O6S2/c17-11-3-5-15(13(19)9-11)25-27(21,22)7-1-2-8-28(23,24)26-16-6-4-12(18)10-14(16)20/h3-6,9-10H,1-2,7-8H2. The number of unbranched alkanes of at least 4 members (excludes halogenated alkanes) is 1. The lowest BCUT2D eigenvalue weighted by Crippen LogP contribution is -2.18. The molecule has 154 valence electrons. The fourth-order valence-corrected chi connectivity index (χ4v) is 4.10. The molecule has 12 heteroatoms. The van der Waals surface area contributed by atoms with Crippen molar-refractivity contribution in [1.29, 1.82) is 0 Å². The van der Waals surface area contributed by atoms with Crippen molar-refractivity contribution in [2.45, 2.75) is 12.8 Å². The number of hydrogen-bond donors (Lipinski definition) is 0. The molecule has 0 saturated carbocycles. The molecule has 0 aromatic heterocycles. The topological polar surface area (TPSA) is 86.7 Å². The van der Waals surface area contributed by atoms with E-state index in [9.17, 15) is 34.4 Å². The van der Waals surface area contributed by atoms with Gasteiger partial charge in [0.1, 0.15) is 11.6 Å². The van der Waals surface area contributed by atoms with Crippen molar-refractivity contribution < 1.29 is 42.8 Å². The van der Waals surface area contributed by atoms with Crippen LogP contribution >= 0.6 is 0 Å². The first-order valence-electron chi connectivity index (χ1n) is 7.72. The maximum atomic E-state index is 13.4. The summed E-state index contributed by atoms with van der Waals surface area (Å²) in [5, 5.41) is 0. The number of halogens is 4. The molecule has 0 N–H and O–H groups in total. The van der Waals surface area contributed by atoms with Gasteiger partial charge in [-0.1, -0.05) is 0 Å². The molecule has 0 radical (unpaired) electrons. The van der Waals surface area contributed by atoms with E-state index in [1.807, 2.05) is 0 Å². The van der Waals surface area contributed by atoms with Crippen molar-refractivity contribution in [3.8, 4) is 11.5 Å². The van der Waals surface area contributed by atoms with Gasteiger partial charge in [0.05, 0.1) is 11.5 Å². The van der Waals surface area contributed by atoms with Crippen molar-refractivity contribution in [3.05, 3.63) is 59.7 Å². The summed E-state index contributed by atoms with van der Waals surface area (Å²) in [6.07, 6.45) is -0.390.